The van der Waals surface area contributed by atoms with Crippen LogP contribution in [0.5, 0.6) is 0 Å². The third kappa shape index (κ3) is 4.12. The number of rotatable bonds is 5. The topological polar surface area (TPSA) is 68.6 Å². The van der Waals surface area contributed by atoms with E-state index in [-0.39, 0.29) is 10.7 Å². The van der Waals surface area contributed by atoms with Crippen molar-refractivity contribution in [2.75, 3.05) is 7.11 Å². The predicted molar refractivity (Wildman–Crippen MR) is 117 cm³/mol. The average molecular weight is 443 g/mol. The van der Waals surface area contributed by atoms with Crippen molar-refractivity contribution in [3.8, 4) is 0 Å². The number of sulfonamides is 1. The summed E-state index contributed by atoms with van der Waals surface area (Å²) in [6, 6.07) is 11.4. The average Bonchev–Trinajstić information content (AvgIpc) is 3.13. The quantitative estimate of drug-likeness (QED) is 0.578. The molecule has 0 fully saturated rings. The van der Waals surface area contributed by atoms with E-state index in [1.54, 1.807) is 49.6 Å². The number of halogens is 1. The highest BCUT2D eigenvalue weighted by molar-refractivity contribution is 7.90. The van der Waals surface area contributed by atoms with Crippen molar-refractivity contribution in [1.82, 2.24) is 4.98 Å². The van der Waals surface area contributed by atoms with Crippen molar-refractivity contribution in [1.29, 1.82) is 0 Å². The first-order valence-electron chi connectivity index (χ1n) is 9.19. The number of benzene rings is 2. The SMILES string of the molecule is COC1(Cc2nc3c(F)cccc3s2)C=CC(=NS(=O)(=O)c2ccc(C)cc2)C=C1. The highest BCUT2D eigenvalue weighted by Gasteiger charge is 2.28. The van der Waals surface area contributed by atoms with Gasteiger partial charge in [0, 0.05) is 13.5 Å². The Bertz CT molecular complexity index is 1270. The second kappa shape index (κ2) is 7.86. The van der Waals surface area contributed by atoms with Crippen molar-refractivity contribution in [3.05, 3.63) is 83.2 Å². The molecular formula is C22H19FN2O3S2. The maximum absolute atomic E-state index is 13.9. The molecule has 3 aromatic rings. The van der Waals surface area contributed by atoms with Crippen LogP contribution in [0.2, 0.25) is 0 Å². The van der Waals surface area contributed by atoms with E-state index in [4.69, 9.17) is 4.74 Å². The molecule has 0 radical (unpaired) electrons. The van der Waals surface area contributed by atoms with Crippen LogP contribution in [0.3, 0.4) is 0 Å². The summed E-state index contributed by atoms with van der Waals surface area (Å²) in [6.45, 7) is 1.89. The van der Waals surface area contributed by atoms with E-state index in [1.807, 2.05) is 13.0 Å². The van der Waals surface area contributed by atoms with Crippen LogP contribution in [0.1, 0.15) is 10.6 Å². The lowest BCUT2D eigenvalue weighted by Crippen LogP contribution is -2.31. The van der Waals surface area contributed by atoms with E-state index in [9.17, 15) is 12.8 Å². The van der Waals surface area contributed by atoms with E-state index in [2.05, 4.69) is 9.38 Å². The third-order valence-corrected chi connectivity index (χ3v) is 7.18. The first-order valence-corrected chi connectivity index (χ1v) is 11.5. The second-order valence-corrected chi connectivity index (χ2v) is 9.72. The van der Waals surface area contributed by atoms with Crippen LogP contribution in [0.15, 0.2) is 76.1 Å². The highest BCUT2D eigenvalue weighted by Crippen LogP contribution is 2.30. The molecule has 0 saturated heterocycles. The summed E-state index contributed by atoms with van der Waals surface area (Å²) in [7, 11) is -2.25. The van der Waals surface area contributed by atoms with Gasteiger partial charge in [0.05, 0.1) is 20.3 Å². The van der Waals surface area contributed by atoms with Gasteiger partial charge in [-0.1, -0.05) is 23.8 Å². The molecule has 0 unspecified atom stereocenters. The second-order valence-electron chi connectivity index (χ2n) is 7.00. The molecule has 0 aliphatic heterocycles. The maximum atomic E-state index is 13.9. The minimum Gasteiger partial charge on any atom is -0.370 e. The van der Waals surface area contributed by atoms with Crippen molar-refractivity contribution in [2.45, 2.75) is 23.8 Å². The number of ether oxygens (including phenoxy) is 1. The molecule has 0 atom stereocenters. The molecule has 30 heavy (non-hydrogen) atoms. The lowest BCUT2D eigenvalue weighted by Gasteiger charge is -2.27. The molecule has 1 aromatic heterocycles. The summed E-state index contributed by atoms with van der Waals surface area (Å²) in [4.78, 5) is 4.54. The van der Waals surface area contributed by atoms with Gasteiger partial charge in [-0.15, -0.1) is 11.3 Å². The number of nitrogens with zero attached hydrogens (tertiary/aromatic N) is 2. The van der Waals surface area contributed by atoms with E-state index >= 15 is 0 Å². The number of para-hydroxylation sites is 1. The lowest BCUT2D eigenvalue weighted by molar-refractivity contribution is 0.0742. The Morgan fingerprint density at radius 2 is 1.83 bits per heavy atom. The van der Waals surface area contributed by atoms with Crippen molar-refractivity contribution < 1.29 is 17.5 Å². The molecule has 1 aliphatic carbocycles. The Kier molecular flexibility index (Phi) is 5.40. The molecule has 0 saturated carbocycles. The number of fused-ring (bicyclic) bond motifs is 1. The number of thiazole rings is 1. The van der Waals surface area contributed by atoms with Crippen LogP contribution >= 0.6 is 11.3 Å². The summed E-state index contributed by atoms with van der Waals surface area (Å²) in [5.74, 6) is -0.355. The van der Waals surface area contributed by atoms with E-state index in [0.717, 1.165) is 15.3 Å². The van der Waals surface area contributed by atoms with Gasteiger partial charge in [-0.05, 0) is 55.5 Å². The van der Waals surface area contributed by atoms with Crippen molar-refractivity contribution in [3.63, 3.8) is 0 Å². The minimum absolute atomic E-state index is 0.141. The van der Waals surface area contributed by atoms with Crippen LogP contribution in [-0.2, 0) is 21.2 Å². The zero-order chi connectivity index (χ0) is 21.4. The van der Waals surface area contributed by atoms with Crippen LogP contribution in [0, 0.1) is 12.7 Å². The van der Waals surface area contributed by atoms with E-state index in [0.29, 0.717) is 17.6 Å². The van der Waals surface area contributed by atoms with E-state index < -0.39 is 15.6 Å². The first-order chi connectivity index (χ1) is 14.3. The molecule has 4 rings (SSSR count). The molecular weight excluding hydrogens is 423 g/mol. The summed E-state index contributed by atoms with van der Waals surface area (Å²) in [5, 5.41) is 0.721. The van der Waals surface area contributed by atoms with Gasteiger partial charge in [0.1, 0.15) is 16.9 Å². The van der Waals surface area contributed by atoms with Crippen molar-refractivity contribution in [2.24, 2.45) is 4.40 Å². The molecule has 0 amide bonds. The molecule has 1 heterocycles. The minimum atomic E-state index is -3.81. The standard InChI is InChI=1S/C22H19FN2O3S2/c1-15-6-8-17(9-7-15)30(26,27)25-16-10-12-22(28-2,13-11-16)14-20-24-21-18(23)4-3-5-19(21)29-20/h3-13H,14H2,1-2H3. The molecule has 5 nitrogen and oxygen atoms in total. The normalized spacial score (nSPS) is 18.8. The van der Waals surface area contributed by atoms with Gasteiger partial charge in [0.15, 0.2) is 0 Å². The Morgan fingerprint density at radius 3 is 2.47 bits per heavy atom. The van der Waals surface area contributed by atoms with Crippen LogP contribution in [0.4, 0.5) is 4.39 Å². The monoisotopic (exact) mass is 442 g/mol. The summed E-state index contributed by atoms with van der Waals surface area (Å²) in [5.41, 5.74) is 0.813. The molecule has 8 heteroatoms. The Labute approximate surface area is 178 Å². The van der Waals surface area contributed by atoms with Crippen LogP contribution < -0.4 is 0 Å². The molecule has 2 aromatic carbocycles. The fourth-order valence-electron chi connectivity index (χ4n) is 3.13. The molecule has 0 bridgehead atoms. The Hall–Kier alpha value is -2.68. The highest BCUT2D eigenvalue weighted by atomic mass is 32.2. The first kappa shape index (κ1) is 20.6. The van der Waals surface area contributed by atoms with Gasteiger partial charge in [-0.3, -0.25) is 0 Å². The Balaban J connectivity index is 1.58. The van der Waals surface area contributed by atoms with Gasteiger partial charge >= 0.3 is 0 Å². The Morgan fingerprint density at radius 1 is 1.13 bits per heavy atom. The maximum Gasteiger partial charge on any atom is 0.282 e. The van der Waals surface area contributed by atoms with Crippen LogP contribution in [0.25, 0.3) is 10.2 Å². The number of hydrogen-bond acceptors (Lipinski definition) is 5. The number of aromatic nitrogens is 1. The summed E-state index contributed by atoms with van der Waals surface area (Å²) in [6.07, 6.45) is 7.12. The predicted octanol–water partition coefficient (Wildman–Crippen LogP) is 4.63. The number of aryl methyl sites for hydroxylation is 1. The fourth-order valence-corrected chi connectivity index (χ4v) is 5.19. The smallest absolute Gasteiger partial charge is 0.282 e. The van der Waals surface area contributed by atoms with Crippen molar-refractivity contribution >= 4 is 37.3 Å². The largest absolute Gasteiger partial charge is 0.370 e. The number of hydrogen-bond donors (Lipinski definition) is 0. The van der Waals surface area contributed by atoms with E-state index in [1.165, 1.54) is 29.5 Å². The third-order valence-electron chi connectivity index (χ3n) is 4.84. The molecule has 0 spiro atoms. The van der Waals surface area contributed by atoms with Gasteiger partial charge in [-0.25, -0.2) is 9.37 Å². The van der Waals surface area contributed by atoms with Gasteiger partial charge < -0.3 is 4.74 Å². The summed E-state index contributed by atoms with van der Waals surface area (Å²) >= 11 is 1.40. The fraction of sp³-hybridized carbons (Fsp3) is 0.182. The zero-order valence-corrected chi connectivity index (χ0v) is 18.0. The lowest BCUT2D eigenvalue weighted by atomic mass is 9.94. The van der Waals surface area contributed by atoms with Crippen LogP contribution in [-0.4, -0.2) is 31.8 Å². The van der Waals surface area contributed by atoms with Gasteiger partial charge in [0.25, 0.3) is 10.0 Å². The zero-order valence-electron chi connectivity index (χ0n) is 16.4. The summed E-state index contributed by atoms with van der Waals surface area (Å²) < 4.78 is 49.4. The van der Waals surface area contributed by atoms with Gasteiger partial charge in [0.2, 0.25) is 0 Å². The molecule has 0 N–H and O–H groups in total. The van der Waals surface area contributed by atoms with Gasteiger partial charge in [-0.2, -0.15) is 12.8 Å². The number of methoxy groups -OCH3 is 1. The number of allylic oxidation sites excluding steroid dienone is 2. The molecule has 1 aliphatic rings. The molecule has 154 valence electrons.